The number of hydrogen-bond acceptors (Lipinski definition) is 1. The standard InChI is InChI=1S/C14H20BrN/c1-14(2,3)13-10-5-4-6-11(15)9(10)7-8-12(13)16/h4-6,12-13H,7-8,16H2,1-3H3. The first-order valence-electron chi connectivity index (χ1n) is 5.94. The summed E-state index contributed by atoms with van der Waals surface area (Å²) in [5, 5.41) is 0. The summed E-state index contributed by atoms with van der Waals surface area (Å²) in [6.07, 6.45) is 2.20. The summed E-state index contributed by atoms with van der Waals surface area (Å²) in [5.74, 6) is 0.466. The number of rotatable bonds is 0. The molecular formula is C14H20BrN. The Morgan fingerprint density at radius 2 is 2.00 bits per heavy atom. The lowest BCUT2D eigenvalue weighted by Crippen LogP contribution is -2.40. The van der Waals surface area contributed by atoms with Gasteiger partial charge < -0.3 is 5.73 Å². The number of nitrogens with two attached hydrogens (primary N) is 1. The van der Waals surface area contributed by atoms with E-state index in [1.54, 1.807) is 0 Å². The van der Waals surface area contributed by atoms with E-state index < -0.39 is 0 Å². The van der Waals surface area contributed by atoms with Gasteiger partial charge in [0.2, 0.25) is 0 Å². The number of fused-ring (bicyclic) bond motifs is 1. The molecule has 0 aromatic heterocycles. The Bertz CT molecular complexity index is 392. The Labute approximate surface area is 107 Å². The molecule has 0 heterocycles. The third-order valence-electron chi connectivity index (χ3n) is 3.58. The van der Waals surface area contributed by atoms with E-state index in [-0.39, 0.29) is 5.41 Å². The van der Waals surface area contributed by atoms with Crippen LogP contribution in [0.3, 0.4) is 0 Å². The molecule has 2 N–H and O–H groups in total. The van der Waals surface area contributed by atoms with Crippen LogP contribution < -0.4 is 5.73 Å². The lowest BCUT2D eigenvalue weighted by Gasteiger charge is -2.40. The predicted octanol–water partition coefficient (Wildman–Crippen LogP) is 3.85. The minimum atomic E-state index is 0.232. The lowest BCUT2D eigenvalue weighted by molar-refractivity contribution is 0.260. The smallest absolute Gasteiger partial charge is 0.0210 e. The third kappa shape index (κ3) is 2.05. The summed E-state index contributed by atoms with van der Waals surface area (Å²) in [6, 6.07) is 6.80. The fourth-order valence-corrected chi connectivity index (χ4v) is 3.53. The Balaban J connectivity index is 2.53. The Kier molecular flexibility index (Phi) is 3.15. The molecule has 16 heavy (non-hydrogen) atoms. The van der Waals surface area contributed by atoms with Crippen molar-refractivity contribution >= 4 is 15.9 Å². The Morgan fingerprint density at radius 3 is 2.62 bits per heavy atom. The first kappa shape index (κ1) is 12.1. The van der Waals surface area contributed by atoms with Gasteiger partial charge in [-0.15, -0.1) is 0 Å². The molecule has 0 spiro atoms. The van der Waals surface area contributed by atoms with E-state index in [4.69, 9.17) is 5.73 Å². The van der Waals surface area contributed by atoms with Gasteiger partial charge in [-0.2, -0.15) is 0 Å². The van der Waals surface area contributed by atoms with Crippen molar-refractivity contribution in [3.63, 3.8) is 0 Å². The molecule has 0 fully saturated rings. The van der Waals surface area contributed by atoms with Crippen LogP contribution in [-0.2, 0) is 6.42 Å². The van der Waals surface area contributed by atoms with Crippen LogP contribution in [-0.4, -0.2) is 6.04 Å². The van der Waals surface area contributed by atoms with Gasteiger partial charge in [-0.3, -0.25) is 0 Å². The van der Waals surface area contributed by atoms with Crippen LogP contribution in [0, 0.1) is 5.41 Å². The van der Waals surface area contributed by atoms with Crippen LogP contribution in [0.4, 0.5) is 0 Å². The van der Waals surface area contributed by atoms with Gasteiger partial charge in [0.05, 0.1) is 0 Å². The van der Waals surface area contributed by atoms with E-state index in [9.17, 15) is 0 Å². The van der Waals surface area contributed by atoms with Crippen molar-refractivity contribution in [2.24, 2.45) is 11.1 Å². The van der Waals surface area contributed by atoms with Crippen molar-refractivity contribution in [3.05, 3.63) is 33.8 Å². The average Bonchev–Trinajstić information content (AvgIpc) is 2.15. The van der Waals surface area contributed by atoms with Crippen molar-refractivity contribution in [1.82, 2.24) is 0 Å². The highest BCUT2D eigenvalue weighted by atomic mass is 79.9. The van der Waals surface area contributed by atoms with Crippen molar-refractivity contribution < 1.29 is 0 Å². The first-order chi connectivity index (χ1) is 7.41. The van der Waals surface area contributed by atoms with Crippen molar-refractivity contribution in [2.45, 2.75) is 45.6 Å². The zero-order chi connectivity index (χ0) is 11.9. The fraction of sp³-hybridized carbons (Fsp3) is 0.571. The van der Waals surface area contributed by atoms with Gasteiger partial charge in [0, 0.05) is 16.4 Å². The molecule has 2 unspecified atom stereocenters. The largest absolute Gasteiger partial charge is 0.327 e. The van der Waals surface area contributed by atoms with E-state index in [0.29, 0.717) is 12.0 Å². The molecule has 0 amide bonds. The number of halogens is 1. The van der Waals surface area contributed by atoms with E-state index >= 15 is 0 Å². The number of hydrogen-bond donors (Lipinski definition) is 1. The van der Waals surface area contributed by atoms with E-state index in [1.165, 1.54) is 15.6 Å². The second-order valence-electron chi connectivity index (χ2n) is 5.85. The van der Waals surface area contributed by atoms with Crippen LogP contribution in [0.1, 0.15) is 44.2 Å². The molecule has 2 atom stereocenters. The summed E-state index contributed by atoms with van der Waals surface area (Å²) < 4.78 is 1.24. The molecular weight excluding hydrogens is 262 g/mol. The summed E-state index contributed by atoms with van der Waals surface area (Å²) >= 11 is 3.66. The monoisotopic (exact) mass is 281 g/mol. The van der Waals surface area contributed by atoms with Crippen LogP contribution in [0.5, 0.6) is 0 Å². The normalized spacial score (nSPS) is 25.3. The van der Waals surface area contributed by atoms with Gasteiger partial charge in [0.25, 0.3) is 0 Å². The van der Waals surface area contributed by atoms with E-state index in [2.05, 4.69) is 54.9 Å². The van der Waals surface area contributed by atoms with Gasteiger partial charge in [-0.25, -0.2) is 0 Å². The van der Waals surface area contributed by atoms with Crippen molar-refractivity contribution in [3.8, 4) is 0 Å². The molecule has 2 heteroatoms. The highest BCUT2D eigenvalue weighted by Crippen LogP contribution is 2.44. The third-order valence-corrected chi connectivity index (χ3v) is 4.32. The fourth-order valence-electron chi connectivity index (χ4n) is 2.95. The van der Waals surface area contributed by atoms with Crippen LogP contribution in [0.2, 0.25) is 0 Å². The minimum absolute atomic E-state index is 0.232. The van der Waals surface area contributed by atoms with E-state index in [0.717, 1.165) is 12.8 Å². The van der Waals surface area contributed by atoms with Crippen LogP contribution in [0.25, 0.3) is 0 Å². The second-order valence-corrected chi connectivity index (χ2v) is 6.71. The zero-order valence-electron chi connectivity index (χ0n) is 10.3. The van der Waals surface area contributed by atoms with E-state index in [1.807, 2.05) is 0 Å². The van der Waals surface area contributed by atoms with Gasteiger partial charge in [0.15, 0.2) is 0 Å². The lowest BCUT2D eigenvalue weighted by atomic mass is 9.67. The maximum atomic E-state index is 6.31. The molecule has 2 rings (SSSR count). The molecule has 1 aliphatic carbocycles. The van der Waals surface area contributed by atoms with Crippen molar-refractivity contribution in [1.29, 1.82) is 0 Å². The zero-order valence-corrected chi connectivity index (χ0v) is 11.8. The summed E-state index contributed by atoms with van der Waals surface area (Å²) in [5.41, 5.74) is 9.45. The SMILES string of the molecule is CC(C)(C)C1c2cccc(Br)c2CCC1N. The molecule has 1 aromatic carbocycles. The Morgan fingerprint density at radius 1 is 1.31 bits per heavy atom. The summed E-state index contributed by atoms with van der Waals surface area (Å²) in [6.45, 7) is 6.86. The maximum absolute atomic E-state index is 6.31. The molecule has 88 valence electrons. The number of benzene rings is 1. The van der Waals surface area contributed by atoms with Gasteiger partial charge >= 0.3 is 0 Å². The molecule has 1 aromatic rings. The average molecular weight is 282 g/mol. The molecule has 0 radical (unpaired) electrons. The van der Waals surface area contributed by atoms with Crippen molar-refractivity contribution in [2.75, 3.05) is 0 Å². The highest BCUT2D eigenvalue weighted by molar-refractivity contribution is 9.10. The van der Waals surface area contributed by atoms with Gasteiger partial charge in [0.1, 0.15) is 0 Å². The quantitative estimate of drug-likeness (QED) is 0.768. The summed E-state index contributed by atoms with van der Waals surface area (Å²) in [4.78, 5) is 0. The predicted molar refractivity (Wildman–Crippen MR) is 72.6 cm³/mol. The van der Waals surface area contributed by atoms with Crippen LogP contribution in [0.15, 0.2) is 22.7 Å². The second kappa shape index (κ2) is 4.15. The molecule has 0 bridgehead atoms. The molecule has 1 nitrogen and oxygen atoms in total. The van der Waals surface area contributed by atoms with Gasteiger partial charge in [-0.05, 0) is 35.4 Å². The first-order valence-corrected chi connectivity index (χ1v) is 6.73. The Hall–Kier alpha value is -0.340. The molecule has 1 aliphatic rings. The molecule has 0 saturated carbocycles. The topological polar surface area (TPSA) is 26.0 Å². The van der Waals surface area contributed by atoms with Crippen LogP contribution >= 0.6 is 15.9 Å². The highest BCUT2D eigenvalue weighted by Gasteiger charge is 2.36. The summed E-state index contributed by atoms with van der Waals surface area (Å²) in [7, 11) is 0. The molecule has 0 aliphatic heterocycles. The minimum Gasteiger partial charge on any atom is -0.327 e. The maximum Gasteiger partial charge on any atom is 0.0210 e. The van der Waals surface area contributed by atoms with Gasteiger partial charge in [-0.1, -0.05) is 48.8 Å². The molecule has 0 saturated heterocycles.